The van der Waals surface area contributed by atoms with Crippen molar-refractivity contribution >= 4 is 17.6 Å². The first kappa shape index (κ1) is 17.4. The van der Waals surface area contributed by atoms with Gasteiger partial charge in [0.25, 0.3) is 5.91 Å². The lowest BCUT2D eigenvalue weighted by molar-refractivity contribution is -0.162. The molecular weight excluding hydrogens is 346 g/mol. The molecule has 1 heterocycles. The van der Waals surface area contributed by atoms with Crippen LogP contribution >= 0.6 is 0 Å². The van der Waals surface area contributed by atoms with Crippen molar-refractivity contribution in [2.45, 2.75) is 38.4 Å². The number of esters is 1. The molecule has 0 bridgehead atoms. The van der Waals surface area contributed by atoms with E-state index >= 15 is 0 Å². The number of anilines is 1. The van der Waals surface area contributed by atoms with Gasteiger partial charge in [-0.15, -0.1) is 0 Å². The number of para-hydroxylation sites is 2. The lowest BCUT2D eigenvalue weighted by atomic mass is 10.1. The zero-order chi connectivity index (χ0) is 18.8. The van der Waals surface area contributed by atoms with E-state index in [0.29, 0.717) is 11.5 Å². The second-order valence-corrected chi connectivity index (χ2v) is 6.77. The van der Waals surface area contributed by atoms with Gasteiger partial charge in [-0.1, -0.05) is 18.2 Å². The number of amides is 1. The first-order valence-corrected chi connectivity index (χ1v) is 9.12. The highest BCUT2D eigenvalue weighted by atomic mass is 16.6. The van der Waals surface area contributed by atoms with Gasteiger partial charge in [0.05, 0.1) is 0 Å². The molecule has 1 amide bonds. The minimum Gasteiger partial charge on any atom is -0.485 e. The van der Waals surface area contributed by atoms with Gasteiger partial charge in [-0.25, -0.2) is 4.79 Å². The molecule has 140 valence electrons. The van der Waals surface area contributed by atoms with Gasteiger partial charge in [0.15, 0.2) is 17.6 Å². The smallest absolute Gasteiger partial charge is 0.351 e. The van der Waals surface area contributed by atoms with E-state index in [1.165, 1.54) is 18.1 Å². The van der Waals surface area contributed by atoms with E-state index in [2.05, 4.69) is 5.32 Å². The van der Waals surface area contributed by atoms with Crippen LogP contribution in [-0.4, -0.2) is 30.7 Å². The molecule has 2 aromatic rings. The highest BCUT2D eigenvalue weighted by Gasteiger charge is 2.31. The normalized spacial score (nSPS) is 18.3. The molecule has 2 atom stereocenters. The summed E-state index contributed by atoms with van der Waals surface area (Å²) in [6.07, 6.45) is 1.43. The van der Waals surface area contributed by atoms with Crippen molar-refractivity contribution in [3.8, 4) is 11.5 Å². The average Bonchev–Trinajstić information content (AvgIpc) is 3.15. The standard InChI is InChI=1S/C21H21NO5/c1-13(20(23)22-16-10-9-14-5-4-6-15(14)11-16)26-21(24)19-12-25-17-7-2-3-8-18(17)27-19/h2-3,7-11,13,19H,4-6,12H2,1H3,(H,22,23)/t13-,19+/m1/s1. The number of nitrogens with one attached hydrogen (secondary N) is 1. The number of hydrogen-bond donors (Lipinski definition) is 1. The Hall–Kier alpha value is -3.02. The molecule has 0 saturated carbocycles. The van der Waals surface area contributed by atoms with Crippen molar-refractivity contribution in [1.29, 1.82) is 0 Å². The van der Waals surface area contributed by atoms with Gasteiger partial charge in [-0.05, 0) is 61.6 Å². The summed E-state index contributed by atoms with van der Waals surface area (Å²) in [6, 6.07) is 13.0. The van der Waals surface area contributed by atoms with E-state index in [-0.39, 0.29) is 12.5 Å². The molecule has 6 heteroatoms. The van der Waals surface area contributed by atoms with Gasteiger partial charge in [-0.3, -0.25) is 4.79 Å². The molecule has 0 radical (unpaired) electrons. The SMILES string of the molecule is C[C@@H](OC(=O)[C@@H]1COc2ccccc2O1)C(=O)Nc1ccc2c(c1)CCC2. The second kappa shape index (κ2) is 7.31. The third kappa shape index (κ3) is 3.74. The van der Waals surface area contributed by atoms with Crippen molar-refractivity contribution < 1.29 is 23.8 Å². The number of benzene rings is 2. The summed E-state index contributed by atoms with van der Waals surface area (Å²) in [5.41, 5.74) is 3.32. The summed E-state index contributed by atoms with van der Waals surface area (Å²) >= 11 is 0. The lowest BCUT2D eigenvalue weighted by Crippen LogP contribution is -2.41. The van der Waals surface area contributed by atoms with Gasteiger partial charge in [0, 0.05) is 5.69 Å². The van der Waals surface area contributed by atoms with Crippen LogP contribution in [0, 0.1) is 0 Å². The number of carbonyl (C=O) groups is 2. The van der Waals surface area contributed by atoms with E-state index in [1.54, 1.807) is 18.2 Å². The minimum absolute atomic E-state index is 0.0506. The van der Waals surface area contributed by atoms with Crippen LogP contribution in [0.2, 0.25) is 0 Å². The van der Waals surface area contributed by atoms with Crippen LogP contribution < -0.4 is 14.8 Å². The van der Waals surface area contributed by atoms with Crippen LogP contribution in [0.4, 0.5) is 5.69 Å². The fourth-order valence-corrected chi connectivity index (χ4v) is 3.33. The van der Waals surface area contributed by atoms with Crippen molar-refractivity contribution in [1.82, 2.24) is 0 Å². The lowest BCUT2D eigenvalue weighted by Gasteiger charge is -2.25. The van der Waals surface area contributed by atoms with Crippen LogP contribution in [0.25, 0.3) is 0 Å². The van der Waals surface area contributed by atoms with Gasteiger partial charge in [-0.2, -0.15) is 0 Å². The number of ether oxygens (including phenoxy) is 3. The summed E-state index contributed by atoms with van der Waals surface area (Å²) in [5, 5.41) is 2.81. The Bertz CT molecular complexity index is 879. The Balaban J connectivity index is 1.34. The average molecular weight is 367 g/mol. The van der Waals surface area contributed by atoms with Crippen LogP contribution in [0.5, 0.6) is 11.5 Å². The second-order valence-electron chi connectivity index (χ2n) is 6.77. The van der Waals surface area contributed by atoms with Crippen molar-refractivity contribution in [2.24, 2.45) is 0 Å². The van der Waals surface area contributed by atoms with Crippen LogP contribution in [-0.2, 0) is 27.2 Å². The van der Waals surface area contributed by atoms with E-state index in [9.17, 15) is 9.59 Å². The summed E-state index contributed by atoms with van der Waals surface area (Å²) < 4.78 is 16.4. The Morgan fingerprint density at radius 3 is 2.74 bits per heavy atom. The molecule has 4 rings (SSSR count). The predicted molar refractivity (Wildman–Crippen MR) is 99.0 cm³/mol. The van der Waals surface area contributed by atoms with E-state index in [1.807, 2.05) is 24.3 Å². The number of rotatable bonds is 4. The quantitative estimate of drug-likeness (QED) is 0.841. The highest BCUT2D eigenvalue weighted by molar-refractivity contribution is 5.95. The third-order valence-corrected chi connectivity index (χ3v) is 4.80. The fourth-order valence-electron chi connectivity index (χ4n) is 3.33. The molecule has 0 aromatic heterocycles. The zero-order valence-electron chi connectivity index (χ0n) is 15.1. The minimum atomic E-state index is -0.938. The molecule has 0 fully saturated rings. The number of hydrogen-bond acceptors (Lipinski definition) is 5. The topological polar surface area (TPSA) is 73.9 Å². The molecule has 0 unspecified atom stereocenters. The third-order valence-electron chi connectivity index (χ3n) is 4.80. The molecule has 6 nitrogen and oxygen atoms in total. The zero-order valence-corrected chi connectivity index (χ0v) is 15.1. The van der Waals surface area contributed by atoms with Crippen molar-refractivity contribution in [2.75, 3.05) is 11.9 Å². The maximum absolute atomic E-state index is 12.4. The van der Waals surface area contributed by atoms with Gasteiger partial charge in [0.1, 0.15) is 6.61 Å². The van der Waals surface area contributed by atoms with Crippen LogP contribution in [0.1, 0.15) is 24.5 Å². The molecular formula is C21H21NO5. The van der Waals surface area contributed by atoms with Crippen LogP contribution in [0.3, 0.4) is 0 Å². The molecule has 0 saturated heterocycles. The molecule has 1 aliphatic heterocycles. The van der Waals surface area contributed by atoms with Gasteiger partial charge in [0.2, 0.25) is 6.10 Å². The Labute approximate surface area is 157 Å². The first-order valence-electron chi connectivity index (χ1n) is 9.12. The fraction of sp³-hybridized carbons (Fsp3) is 0.333. The summed E-state index contributed by atoms with van der Waals surface area (Å²) in [5.74, 6) is 0.0735. The highest BCUT2D eigenvalue weighted by Crippen LogP contribution is 2.31. The molecule has 27 heavy (non-hydrogen) atoms. The maximum Gasteiger partial charge on any atom is 0.351 e. The Morgan fingerprint density at radius 2 is 1.89 bits per heavy atom. The monoisotopic (exact) mass is 367 g/mol. The molecule has 1 N–H and O–H groups in total. The van der Waals surface area contributed by atoms with E-state index < -0.39 is 18.2 Å². The molecule has 0 spiro atoms. The largest absolute Gasteiger partial charge is 0.485 e. The first-order chi connectivity index (χ1) is 13.1. The summed E-state index contributed by atoms with van der Waals surface area (Å²) in [6.45, 7) is 1.59. The Kier molecular flexibility index (Phi) is 4.71. The number of carbonyl (C=O) groups excluding carboxylic acids is 2. The number of fused-ring (bicyclic) bond motifs is 2. The maximum atomic E-state index is 12.4. The molecule has 2 aromatic carbocycles. The molecule has 1 aliphatic carbocycles. The summed E-state index contributed by atoms with van der Waals surface area (Å²) in [4.78, 5) is 24.7. The molecule has 2 aliphatic rings. The Morgan fingerprint density at radius 1 is 1.11 bits per heavy atom. The summed E-state index contributed by atoms with van der Waals surface area (Å²) in [7, 11) is 0. The van der Waals surface area contributed by atoms with Gasteiger partial charge >= 0.3 is 5.97 Å². The van der Waals surface area contributed by atoms with E-state index in [0.717, 1.165) is 24.9 Å². The van der Waals surface area contributed by atoms with Crippen molar-refractivity contribution in [3.05, 3.63) is 53.6 Å². The van der Waals surface area contributed by atoms with Gasteiger partial charge < -0.3 is 19.5 Å². The van der Waals surface area contributed by atoms with E-state index in [4.69, 9.17) is 14.2 Å². The number of aryl methyl sites for hydroxylation is 2. The predicted octanol–water partition coefficient (Wildman–Crippen LogP) is 2.89. The van der Waals surface area contributed by atoms with Crippen LogP contribution in [0.15, 0.2) is 42.5 Å². The van der Waals surface area contributed by atoms with Crippen molar-refractivity contribution in [3.63, 3.8) is 0 Å².